The van der Waals surface area contributed by atoms with Crippen LogP contribution in [-0.2, 0) is 4.79 Å². The van der Waals surface area contributed by atoms with Crippen molar-refractivity contribution in [2.75, 3.05) is 12.5 Å². The van der Waals surface area contributed by atoms with E-state index >= 15 is 0 Å². The van der Waals surface area contributed by atoms with Crippen LogP contribution in [0.2, 0.25) is 0 Å². The van der Waals surface area contributed by atoms with Gasteiger partial charge in [-0.3, -0.25) is 9.69 Å². The van der Waals surface area contributed by atoms with Crippen LogP contribution >= 0.6 is 23.5 Å². The molecule has 0 bridgehead atoms. The molecule has 1 aromatic rings. The van der Waals surface area contributed by atoms with E-state index in [0.29, 0.717) is 5.70 Å². The van der Waals surface area contributed by atoms with Crippen molar-refractivity contribution < 1.29 is 4.79 Å². The molecule has 0 unspecified atom stereocenters. The molecule has 0 saturated heterocycles. The first-order chi connectivity index (χ1) is 9.60. The minimum absolute atomic E-state index is 0.00227. The topological polar surface area (TPSA) is 32.7 Å². The predicted octanol–water partition coefficient (Wildman–Crippen LogP) is 3.58. The third-order valence-corrected chi connectivity index (χ3v) is 5.11. The molecule has 20 heavy (non-hydrogen) atoms. The first-order valence-electron chi connectivity index (χ1n) is 6.40. The van der Waals surface area contributed by atoms with Crippen LogP contribution in [0.15, 0.2) is 45.3 Å². The Labute approximate surface area is 128 Å². The largest absolute Gasteiger partial charge is 0.288 e. The van der Waals surface area contributed by atoms with Gasteiger partial charge in [-0.2, -0.15) is 0 Å². The highest BCUT2D eigenvalue weighted by molar-refractivity contribution is 8.21. The second-order valence-corrected chi connectivity index (χ2v) is 6.51. The quantitative estimate of drug-likeness (QED) is 0.797. The Bertz CT molecular complexity index is 558. The first kappa shape index (κ1) is 15.2. The molecule has 0 atom stereocenters. The SMILES string of the molecule is CSC(SC)=C1N=C(c2ccccc2)N(C(C)C)C1=O. The smallest absolute Gasteiger partial charge is 0.280 e. The van der Waals surface area contributed by atoms with Crippen molar-refractivity contribution in [1.29, 1.82) is 0 Å². The maximum atomic E-state index is 12.6. The summed E-state index contributed by atoms with van der Waals surface area (Å²) in [4.78, 5) is 19.0. The molecule has 0 aliphatic carbocycles. The molecular formula is C15H18N2OS2. The molecule has 0 radical (unpaired) electrons. The minimum atomic E-state index is -0.00227. The van der Waals surface area contributed by atoms with Gasteiger partial charge in [0.2, 0.25) is 0 Å². The van der Waals surface area contributed by atoms with Crippen LogP contribution in [0.25, 0.3) is 0 Å². The molecule has 5 heteroatoms. The van der Waals surface area contributed by atoms with Crippen molar-refractivity contribution in [1.82, 2.24) is 4.90 Å². The van der Waals surface area contributed by atoms with Crippen LogP contribution in [0.3, 0.4) is 0 Å². The fraction of sp³-hybridized carbons (Fsp3) is 0.333. The summed E-state index contributed by atoms with van der Waals surface area (Å²) < 4.78 is 0.964. The monoisotopic (exact) mass is 306 g/mol. The van der Waals surface area contributed by atoms with E-state index in [0.717, 1.165) is 15.6 Å². The highest BCUT2D eigenvalue weighted by atomic mass is 32.2. The number of carbonyl (C=O) groups excluding carboxylic acids is 1. The number of hydrogen-bond donors (Lipinski definition) is 0. The van der Waals surface area contributed by atoms with Crippen molar-refractivity contribution in [3.05, 3.63) is 45.8 Å². The summed E-state index contributed by atoms with van der Waals surface area (Å²) in [6.07, 6.45) is 3.95. The lowest BCUT2D eigenvalue weighted by molar-refractivity contribution is -0.123. The Balaban J connectivity index is 2.54. The molecule has 0 aromatic heterocycles. The maximum absolute atomic E-state index is 12.6. The van der Waals surface area contributed by atoms with E-state index in [4.69, 9.17) is 0 Å². The van der Waals surface area contributed by atoms with Gasteiger partial charge in [0.05, 0.1) is 4.24 Å². The van der Waals surface area contributed by atoms with E-state index in [9.17, 15) is 4.79 Å². The molecule has 0 saturated carbocycles. The average molecular weight is 306 g/mol. The lowest BCUT2D eigenvalue weighted by atomic mass is 10.2. The van der Waals surface area contributed by atoms with Crippen LogP contribution in [0.4, 0.5) is 0 Å². The maximum Gasteiger partial charge on any atom is 0.280 e. The average Bonchev–Trinajstić information content (AvgIpc) is 2.79. The summed E-state index contributed by atoms with van der Waals surface area (Å²) in [5, 5.41) is 0. The molecule has 0 N–H and O–H groups in total. The van der Waals surface area contributed by atoms with Crippen molar-refractivity contribution >= 4 is 35.3 Å². The predicted molar refractivity (Wildman–Crippen MR) is 89.0 cm³/mol. The fourth-order valence-corrected chi connectivity index (χ4v) is 3.42. The molecule has 1 heterocycles. The number of amides is 1. The second-order valence-electron chi connectivity index (χ2n) is 4.61. The lowest BCUT2D eigenvalue weighted by Gasteiger charge is -2.22. The molecule has 0 fully saturated rings. The summed E-state index contributed by atoms with van der Waals surface area (Å²) >= 11 is 3.14. The Morgan fingerprint density at radius 3 is 2.25 bits per heavy atom. The van der Waals surface area contributed by atoms with E-state index in [2.05, 4.69) is 4.99 Å². The van der Waals surface area contributed by atoms with Crippen LogP contribution in [-0.4, -0.2) is 35.2 Å². The van der Waals surface area contributed by atoms with Gasteiger partial charge >= 0.3 is 0 Å². The van der Waals surface area contributed by atoms with Crippen molar-refractivity contribution in [3.8, 4) is 0 Å². The van der Waals surface area contributed by atoms with Gasteiger partial charge in [-0.25, -0.2) is 4.99 Å². The number of rotatable bonds is 4. The normalized spacial score (nSPS) is 15.1. The molecule has 0 spiro atoms. The summed E-state index contributed by atoms with van der Waals surface area (Å²) in [6, 6.07) is 9.96. The molecule has 1 aliphatic rings. The Morgan fingerprint density at radius 2 is 1.75 bits per heavy atom. The van der Waals surface area contributed by atoms with Gasteiger partial charge in [-0.05, 0) is 26.4 Å². The number of nitrogens with zero attached hydrogens (tertiary/aromatic N) is 2. The highest BCUT2D eigenvalue weighted by Crippen LogP contribution is 2.33. The molecule has 3 nitrogen and oxygen atoms in total. The van der Waals surface area contributed by atoms with E-state index < -0.39 is 0 Å². The fourth-order valence-electron chi connectivity index (χ4n) is 2.10. The van der Waals surface area contributed by atoms with Crippen molar-refractivity contribution in [3.63, 3.8) is 0 Å². The third-order valence-electron chi connectivity index (χ3n) is 2.98. The summed E-state index contributed by atoms with van der Waals surface area (Å²) in [7, 11) is 0. The zero-order valence-electron chi connectivity index (χ0n) is 12.1. The molecule has 2 rings (SSSR count). The third kappa shape index (κ3) is 2.79. The van der Waals surface area contributed by atoms with Gasteiger partial charge in [0.1, 0.15) is 5.84 Å². The van der Waals surface area contributed by atoms with Gasteiger partial charge in [-0.1, -0.05) is 30.3 Å². The Morgan fingerprint density at radius 1 is 1.15 bits per heavy atom. The highest BCUT2D eigenvalue weighted by Gasteiger charge is 2.34. The van der Waals surface area contributed by atoms with Crippen molar-refractivity contribution in [2.24, 2.45) is 4.99 Å². The zero-order chi connectivity index (χ0) is 14.7. The summed E-state index contributed by atoms with van der Waals surface area (Å²) in [6.45, 7) is 4.02. The van der Waals surface area contributed by atoms with Crippen LogP contribution in [0.1, 0.15) is 19.4 Å². The van der Waals surface area contributed by atoms with Crippen LogP contribution in [0, 0.1) is 0 Å². The van der Waals surface area contributed by atoms with E-state index in [1.807, 2.05) is 56.7 Å². The molecule has 106 valence electrons. The minimum Gasteiger partial charge on any atom is -0.288 e. The summed E-state index contributed by atoms with van der Waals surface area (Å²) in [5.41, 5.74) is 1.55. The number of thioether (sulfide) groups is 2. The van der Waals surface area contributed by atoms with Crippen LogP contribution < -0.4 is 0 Å². The number of aliphatic imine (C=N–C) groups is 1. The molecule has 1 aromatic carbocycles. The summed E-state index contributed by atoms with van der Waals surface area (Å²) in [5.74, 6) is 0.749. The number of amidine groups is 1. The van der Waals surface area contributed by atoms with Gasteiger partial charge in [0.25, 0.3) is 5.91 Å². The van der Waals surface area contributed by atoms with Crippen molar-refractivity contribution in [2.45, 2.75) is 19.9 Å². The van der Waals surface area contributed by atoms with E-state index in [1.54, 1.807) is 28.4 Å². The van der Waals surface area contributed by atoms with E-state index in [1.165, 1.54) is 0 Å². The van der Waals surface area contributed by atoms with Gasteiger partial charge in [0, 0.05) is 11.6 Å². The number of benzene rings is 1. The van der Waals surface area contributed by atoms with Crippen LogP contribution in [0.5, 0.6) is 0 Å². The standard InChI is InChI=1S/C15H18N2OS2/c1-10(2)17-13(11-8-6-5-7-9-11)16-12(14(17)18)15(19-3)20-4/h5-10H,1-4H3. The molecular weight excluding hydrogens is 288 g/mol. The number of hydrogen-bond acceptors (Lipinski definition) is 4. The van der Waals surface area contributed by atoms with Gasteiger partial charge in [-0.15, -0.1) is 23.5 Å². The first-order valence-corrected chi connectivity index (χ1v) is 8.85. The Kier molecular flexibility index (Phi) is 4.94. The van der Waals surface area contributed by atoms with Gasteiger partial charge < -0.3 is 0 Å². The zero-order valence-corrected chi connectivity index (χ0v) is 13.7. The second kappa shape index (κ2) is 6.50. The number of carbonyl (C=O) groups is 1. The van der Waals surface area contributed by atoms with E-state index in [-0.39, 0.29) is 11.9 Å². The van der Waals surface area contributed by atoms with Gasteiger partial charge in [0.15, 0.2) is 5.70 Å². The molecule has 1 aliphatic heterocycles. The lowest BCUT2D eigenvalue weighted by Crippen LogP contribution is -2.38. The molecule has 1 amide bonds. The Hall–Kier alpha value is -1.20.